The first-order chi connectivity index (χ1) is 6.61. The fourth-order valence-corrected chi connectivity index (χ4v) is 1.50. The van der Waals surface area contributed by atoms with Crippen LogP contribution in [-0.4, -0.2) is 12.0 Å². The minimum atomic E-state index is -0.241. The van der Waals surface area contributed by atoms with E-state index in [2.05, 4.69) is 0 Å². The van der Waals surface area contributed by atoms with Gasteiger partial charge in [0.15, 0.2) is 0 Å². The van der Waals surface area contributed by atoms with Crippen molar-refractivity contribution in [2.45, 2.75) is 26.5 Å². The zero-order valence-corrected chi connectivity index (χ0v) is 9.21. The monoisotopic (exact) mass is 213 g/mol. The Labute approximate surface area is 87.9 Å². The Morgan fingerprint density at radius 2 is 2.36 bits per heavy atom. The Morgan fingerprint density at radius 3 is 2.86 bits per heavy atom. The van der Waals surface area contributed by atoms with E-state index < -0.39 is 0 Å². The van der Waals surface area contributed by atoms with Gasteiger partial charge in [-0.05, 0) is 18.4 Å². The third kappa shape index (κ3) is 3.12. The molecule has 0 bridgehead atoms. The van der Waals surface area contributed by atoms with Crippen molar-refractivity contribution >= 4 is 17.3 Å². The summed E-state index contributed by atoms with van der Waals surface area (Å²) in [6.07, 6.45) is 0. The lowest BCUT2D eigenvalue weighted by molar-refractivity contribution is -0.149. The fraction of sp³-hybridized carbons (Fsp3) is 0.500. The highest BCUT2D eigenvalue weighted by molar-refractivity contribution is 7.09. The molecule has 0 aliphatic heterocycles. The molecule has 0 aliphatic carbocycles. The molecule has 78 valence electrons. The maximum atomic E-state index is 11.4. The van der Waals surface area contributed by atoms with Crippen LogP contribution in [0.3, 0.4) is 0 Å². The number of hydrogen-bond acceptors (Lipinski definition) is 4. The van der Waals surface area contributed by atoms with Crippen LogP contribution in [0.5, 0.6) is 0 Å². The molecule has 3 nitrogen and oxygen atoms in total. The largest absolute Gasteiger partial charge is 0.460 e. The number of rotatable bonds is 4. The maximum absolute atomic E-state index is 11.4. The van der Waals surface area contributed by atoms with Gasteiger partial charge in [0, 0.05) is 10.9 Å². The van der Waals surface area contributed by atoms with Crippen LogP contribution in [0, 0.1) is 5.92 Å². The maximum Gasteiger partial charge on any atom is 0.310 e. The molecule has 0 spiro atoms. The summed E-state index contributed by atoms with van der Waals surface area (Å²) >= 11 is 1.58. The quantitative estimate of drug-likeness (QED) is 0.776. The number of hydrogen-bond donors (Lipinski definition) is 1. The Morgan fingerprint density at radius 1 is 1.64 bits per heavy atom. The van der Waals surface area contributed by atoms with Crippen molar-refractivity contribution < 1.29 is 9.53 Å². The summed E-state index contributed by atoms with van der Waals surface area (Å²) in [7, 11) is 0. The Hall–Kier alpha value is -0.870. The van der Waals surface area contributed by atoms with E-state index in [0.717, 1.165) is 4.88 Å². The Balaban J connectivity index is 2.35. The van der Waals surface area contributed by atoms with E-state index in [4.69, 9.17) is 10.5 Å². The summed E-state index contributed by atoms with van der Waals surface area (Å²) < 4.78 is 5.10. The minimum Gasteiger partial charge on any atom is -0.460 e. The summed E-state index contributed by atoms with van der Waals surface area (Å²) in [6, 6.07) is 3.71. The van der Waals surface area contributed by atoms with Crippen LogP contribution in [0.25, 0.3) is 0 Å². The molecule has 14 heavy (non-hydrogen) atoms. The van der Waals surface area contributed by atoms with E-state index in [-0.39, 0.29) is 17.9 Å². The minimum absolute atomic E-state index is 0.161. The molecule has 0 aliphatic rings. The van der Waals surface area contributed by atoms with Crippen LogP contribution in [-0.2, 0) is 16.1 Å². The molecular weight excluding hydrogens is 198 g/mol. The molecule has 4 heteroatoms. The first kappa shape index (κ1) is 11.2. The second kappa shape index (κ2) is 5.12. The van der Waals surface area contributed by atoms with Gasteiger partial charge in [0.1, 0.15) is 6.61 Å². The zero-order chi connectivity index (χ0) is 10.6. The van der Waals surface area contributed by atoms with Gasteiger partial charge in [0.2, 0.25) is 0 Å². The summed E-state index contributed by atoms with van der Waals surface area (Å²) in [5, 5.41) is 1.96. The zero-order valence-electron chi connectivity index (χ0n) is 8.40. The van der Waals surface area contributed by atoms with Gasteiger partial charge in [-0.1, -0.05) is 13.0 Å². The van der Waals surface area contributed by atoms with Crippen LogP contribution >= 0.6 is 11.3 Å². The van der Waals surface area contributed by atoms with Crippen LogP contribution in [0.2, 0.25) is 0 Å². The highest BCUT2D eigenvalue weighted by atomic mass is 32.1. The standard InChI is InChI=1S/C10H15NO2S/c1-7(8(2)11)10(12)13-6-9-4-3-5-14-9/h3-5,7-8H,6,11H2,1-2H3. The molecular formula is C10H15NO2S. The van der Waals surface area contributed by atoms with Gasteiger partial charge in [-0.25, -0.2) is 0 Å². The van der Waals surface area contributed by atoms with Crippen molar-refractivity contribution in [1.29, 1.82) is 0 Å². The average Bonchev–Trinajstić information content (AvgIpc) is 2.65. The van der Waals surface area contributed by atoms with Crippen molar-refractivity contribution in [3.05, 3.63) is 22.4 Å². The molecule has 1 aromatic rings. The lowest BCUT2D eigenvalue weighted by atomic mass is 10.1. The van der Waals surface area contributed by atoms with Gasteiger partial charge in [0.25, 0.3) is 0 Å². The smallest absolute Gasteiger partial charge is 0.310 e. The lowest BCUT2D eigenvalue weighted by Crippen LogP contribution is -2.31. The van der Waals surface area contributed by atoms with Crippen molar-refractivity contribution in [2.24, 2.45) is 11.7 Å². The highest BCUT2D eigenvalue weighted by Gasteiger charge is 2.18. The summed E-state index contributed by atoms with van der Waals surface area (Å²) in [6.45, 7) is 3.94. The van der Waals surface area contributed by atoms with Crippen molar-refractivity contribution in [1.82, 2.24) is 0 Å². The normalized spacial score (nSPS) is 14.8. The molecule has 1 aromatic heterocycles. The van der Waals surface area contributed by atoms with E-state index >= 15 is 0 Å². The van der Waals surface area contributed by atoms with Gasteiger partial charge in [-0.3, -0.25) is 4.79 Å². The first-order valence-corrected chi connectivity index (χ1v) is 5.44. The topological polar surface area (TPSA) is 52.3 Å². The number of carbonyl (C=O) groups is 1. The van der Waals surface area contributed by atoms with Gasteiger partial charge < -0.3 is 10.5 Å². The predicted octanol–water partition coefficient (Wildman–Crippen LogP) is 1.77. The number of nitrogens with two attached hydrogens (primary N) is 1. The highest BCUT2D eigenvalue weighted by Crippen LogP contribution is 2.11. The van der Waals surface area contributed by atoms with E-state index in [1.54, 1.807) is 25.2 Å². The molecule has 2 atom stereocenters. The summed E-state index contributed by atoms with van der Waals surface area (Å²) in [5.74, 6) is -0.469. The van der Waals surface area contributed by atoms with E-state index in [0.29, 0.717) is 6.61 Å². The number of thiophene rings is 1. The van der Waals surface area contributed by atoms with Crippen LogP contribution in [0.4, 0.5) is 0 Å². The summed E-state index contributed by atoms with van der Waals surface area (Å²) in [5.41, 5.74) is 5.59. The van der Waals surface area contributed by atoms with Gasteiger partial charge in [-0.15, -0.1) is 11.3 Å². The molecule has 1 rings (SSSR count). The molecule has 0 saturated carbocycles. The molecule has 0 aromatic carbocycles. The van der Waals surface area contributed by atoms with E-state index in [1.165, 1.54) is 0 Å². The van der Waals surface area contributed by atoms with E-state index in [9.17, 15) is 4.79 Å². The van der Waals surface area contributed by atoms with Gasteiger partial charge >= 0.3 is 5.97 Å². The van der Waals surface area contributed by atoms with Crippen molar-refractivity contribution in [3.63, 3.8) is 0 Å². The van der Waals surface area contributed by atoms with Gasteiger partial charge in [0.05, 0.1) is 5.92 Å². The molecule has 0 saturated heterocycles. The molecule has 2 N–H and O–H groups in total. The number of ether oxygens (including phenoxy) is 1. The second-order valence-electron chi connectivity index (χ2n) is 3.33. The van der Waals surface area contributed by atoms with Crippen molar-refractivity contribution in [3.8, 4) is 0 Å². The van der Waals surface area contributed by atoms with Crippen LogP contribution < -0.4 is 5.73 Å². The van der Waals surface area contributed by atoms with Gasteiger partial charge in [-0.2, -0.15) is 0 Å². The molecule has 0 radical (unpaired) electrons. The molecule has 2 unspecified atom stereocenters. The summed E-state index contributed by atoms with van der Waals surface area (Å²) in [4.78, 5) is 12.4. The number of carbonyl (C=O) groups excluding carboxylic acids is 1. The van der Waals surface area contributed by atoms with Crippen LogP contribution in [0.1, 0.15) is 18.7 Å². The molecule has 0 amide bonds. The van der Waals surface area contributed by atoms with Crippen LogP contribution in [0.15, 0.2) is 17.5 Å². The average molecular weight is 213 g/mol. The number of esters is 1. The third-order valence-corrected chi connectivity index (χ3v) is 2.95. The fourth-order valence-electron chi connectivity index (χ4n) is 0.883. The Kier molecular flexibility index (Phi) is 4.10. The second-order valence-corrected chi connectivity index (χ2v) is 4.37. The molecule has 0 fully saturated rings. The first-order valence-electron chi connectivity index (χ1n) is 4.56. The Bertz CT molecular complexity index is 282. The van der Waals surface area contributed by atoms with Crippen molar-refractivity contribution in [2.75, 3.05) is 0 Å². The SMILES string of the molecule is CC(N)C(C)C(=O)OCc1cccs1. The predicted molar refractivity (Wildman–Crippen MR) is 56.9 cm³/mol. The third-order valence-electron chi connectivity index (χ3n) is 2.10. The molecule has 1 heterocycles. The lowest BCUT2D eigenvalue weighted by Gasteiger charge is -2.13. The van der Waals surface area contributed by atoms with E-state index in [1.807, 2.05) is 17.5 Å².